The second-order valence-corrected chi connectivity index (χ2v) is 3.54. The molecule has 76 valence electrons. The Morgan fingerprint density at radius 3 is 2.67 bits per heavy atom. The highest BCUT2D eigenvalue weighted by Gasteiger charge is 2.05. The van der Waals surface area contributed by atoms with Gasteiger partial charge in [0, 0.05) is 10.0 Å². The minimum atomic E-state index is -0.798. The standard InChI is InChI=1S/C10H6Cl2N2O/c11-8-1-2-9(12)6(4-8)3-7(5-13)10(14)15/h1-4H,(H2,14,15)/b7-3+. The lowest BCUT2D eigenvalue weighted by Crippen LogP contribution is -2.12. The highest BCUT2D eigenvalue weighted by Crippen LogP contribution is 2.22. The number of amides is 1. The van der Waals surface area contributed by atoms with Crippen LogP contribution < -0.4 is 5.73 Å². The lowest BCUT2D eigenvalue weighted by Gasteiger charge is -1.99. The summed E-state index contributed by atoms with van der Waals surface area (Å²) < 4.78 is 0. The zero-order valence-electron chi connectivity index (χ0n) is 7.50. The van der Waals surface area contributed by atoms with Gasteiger partial charge in [0.15, 0.2) is 0 Å². The number of hydrogen-bond donors (Lipinski definition) is 1. The second-order valence-electron chi connectivity index (χ2n) is 2.70. The molecule has 0 spiro atoms. The normalized spacial score (nSPS) is 10.9. The van der Waals surface area contributed by atoms with Crippen LogP contribution in [0, 0.1) is 11.3 Å². The summed E-state index contributed by atoms with van der Waals surface area (Å²) in [5.41, 5.74) is 5.30. The Bertz CT molecular complexity index is 475. The molecule has 1 amide bonds. The lowest BCUT2D eigenvalue weighted by atomic mass is 10.1. The molecule has 1 aromatic rings. The maximum Gasteiger partial charge on any atom is 0.259 e. The number of nitrogens with two attached hydrogens (primary N) is 1. The molecule has 0 bridgehead atoms. The van der Waals surface area contributed by atoms with Crippen molar-refractivity contribution in [3.63, 3.8) is 0 Å². The second kappa shape index (κ2) is 4.83. The van der Waals surface area contributed by atoms with Crippen LogP contribution in [0.3, 0.4) is 0 Å². The van der Waals surface area contributed by atoms with Crippen LogP contribution in [0.15, 0.2) is 23.8 Å². The van der Waals surface area contributed by atoms with Crippen molar-refractivity contribution < 1.29 is 4.79 Å². The predicted octanol–water partition coefficient (Wildman–Crippen LogP) is 2.39. The fraction of sp³-hybridized carbons (Fsp3) is 0. The molecule has 0 saturated carbocycles. The van der Waals surface area contributed by atoms with Gasteiger partial charge in [-0.3, -0.25) is 4.79 Å². The molecular weight excluding hydrogens is 235 g/mol. The lowest BCUT2D eigenvalue weighted by molar-refractivity contribution is -0.114. The Balaban J connectivity index is 3.23. The van der Waals surface area contributed by atoms with E-state index in [0.29, 0.717) is 15.6 Å². The number of carbonyl (C=O) groups is 1. The monoisotopic (exact) mass is 240 g/mol. The van der Waals surface area contributed by atoms with E-state index in [1.54, 1.807) is 24.3 Å². The van der Waals surface area contributed by atoms with Crippen LogP contribution in [-0.2, 0) is 4.79 Å². The molecule has 3 nitrogen and oxygen atoms in total. The van der Waals surface area contributed by atoms with Crippen LogP contribution in [-0.4, -0.2) is 5.91 Å². The quantitative estimate of drug-likeness (QED) is 0.638. The van der Waals surface area contributed by atoms with Gasteiger partial charge in [-0.05, 0) is 29.8 Å². The molecular formula is C10H6Cl2N2O. The average Bonchev–Trinajstić information content (AvgIpc) is 2.18. The highest BCUT2D eigenvalue weighted by molar-refractivity contribution is 6.34. The first-order valence-electron chi connectivity index (χ1n) is 3.91. The summed E-state index contributed by atoms with van der Waals surface area (Å²) in [6.07, 6.45) is 1.30. The van der Waals surface area contributed by atoms with Gasteiger partial charge >= 0.3 is 0 Å². The van der Waals surface area contributed by atoms with Gasteiger partial charge in [0.1, 0.15) is 11.6 Å². The van der Waals surface area contributed by atoms with Crippen LogP contribution >= 0.6 is 23.2 Å². The summed E-state index contributed by atoms with van der Waals surface area (Å²) in [6.45, 7) is 0. The van der Waals surface area contributed by atoms with Gasteiger partial charge in [0.05, 0.1) is 0 Å². The van der Waals surface area contributed by atoms with E-state index in [1.807, 2.05) is 0 Å². The van der Waals surface area contributed by atoms with Crippen molar-refractivity contribution in [2.45, 2.75) is 0 Å². The molecule has 0 saturated heterocycles. The Labute approximate surface area is 96.7 Å². The van der Waals surface area contributed by atoms with Gasteiger partial charge in [-0.1, -0.05) is 23.2 Å². The van der Waals surface area contributed by atoms with Crippen LogP contribution in [0.25, 0.3) is 6.08 Å². The maximum absolute atomic E-state index is 10.8. The van der Waals surface area contributed by atoms with E-state index in [1.165, 1.54) is 6.08 Å². The number of primary amides is 1. The molecule has 0 aliphatic heterocycles. The third-order valence-electron chi connectivity index (χ3n) is 1.64. The third-order valence-corrected chi connectivity index (χ3v) is 2.22. The van der Waals surface area contributed by atoms with E-state index >= 15 is 0 Å². The first kappa shape index (κ1) is 11.6. The maximum atomic E-state index is 10.8. The minimum Gasteiger partial charge on any atom is -0.365 e. The van der Waals surface area contributed by atoms with Crippen molar-refractivity contribution in [2.24, 2.45) is 5.73 Å². The molecule has 0 aromatic heterocycles. The molecule has 0 radical (unpaired) electrons. The van der Waals surface area contributed by atoms with E-state index in [9.17, 15) is 4.79 Å². The molecule has 0 heterocycles. The average molecular weight is 241 g/mol. The first-order valence-corrected chi connectivity index (χ1v) is 4.67. The van der Waals surface area contributed by atoms with Crippen LogP contribution in [0.1, 0.15) is 5.56 Å². The number of halogens is 2. The van der Waals surface area contributed by atoms with E-state index < -0.39 is 5.91 Å². The number of hydrogen-bond acceptors (Lipinski definition) is 2. The van der Waals surface area contributed by atoms with Crippen molar-refractivity contribution in [1.29, 1.82) is 5.26 Å². The Hall–Kier alpha value is -1.50. The van der Waals surface area contributed by atoms with Crippen LogP contribution in [0.2, 0.25) is 10.0 Å². The van der Waals surface area contributed by atoms with E-state index in [-0.39, 0.29) is 5.57 Å². The largest absolute Gasteiger partial charge is 0.365 e. The van der Waals surface area contributed by atoms with Gasteiger partial charge in [-0.15, -0.1) is 0 Å². The molecule has 2 N–H and O–H groups in total. The Kier molecular flexibility index (Phi) is 3.73. The van der Waals surface area contributed by atoms with Crippen molar-refractivity contribution >= 4 is 35.2 Å². The van der Waals surface area contributed by atoms with Crippen molar-refractivity contribution in [3.8, 4) is 6.07 Å². The molecule has 0 atom stereocenters. The third kappa shape index (κ3) is 2.98. The highest BCUT2D eigenvalue weighted by atomic mass is 35.5. The zero-order chi connectivity index (χ0) is 11.4. The van der Waals surface area contributed by atoms with Crippen molar-refractivity contribution in [1.82, 2.24) is 0 Å². The number of nitrogens with zero attached hydrogens (tertiary/aromatic N) is 1. The zero-order valence-corrected chi connectivity index (χ0v) is 9.01. The van der Waals surface area contributed by atoms with E-state index in [4.69, 9.17) is 34.2 Å². The Morgan fingerprint density at radius 1 is 1.47 bits per heavy atom. The number of rotatable bonds is 2. The molecule has 0 aliphatic carbocycles. The van der Waals surface area contributed by atoms with E-state index in [2.05, 4.69) is 0 Å². The number of benzene rings is 1. The van der Waals surface area contributed by atoms with Crippen molar-refractivity contribution in [3.05, 3.63) is 39.4 Å². The van der Waals surface area contributed by atoms with E-state index in [0.717, 1.165) is 0 Å². The SMILES string of the molecule is N#C/C(=C\c1cc(Cl)ccc1Cl)C(N)=O. The Morgan fingerprint density at radius 2 is 2.13 bits per heavy atom. The molecule has 0 unspecified atom stereocenters. The van der Waals surface area contributed by atoms with Gasteiger partial charge in [-0.25, -0.2) is 0 Å². The summed E-state index contributed by atoms with van der Waals surface area (Å²) in [4.78, 5) is 10.8. The molecule has 0 aliphatic rings. The summed E-state index contributed by atoms with van der Waals surface area (Å²) in [5, 5.41) is 9.48. The fourth-order valence-electron chi connectivity index (χ4n) is 0.939. The summed E-state index contributed by atoms with van der Waals surface area (Å²) in [7, 11) is 0. The van der Waals surface area contributed by atoms with Gasteiger partial charge in [0.2, 0.25) is 0 Å². The van der Waals surface area contributed by atoms with Gasteiger partial charge < -0.3 is 5.73 Å². The molecule has 1 aromatic carbocycles. The number of carbonyl (C=O) groups excluding carboxylic acids is 1. The van der Waals surface area contributed by atoms with Gasteiger partial charge in [-0.2, -0.15) is 5.26 Å². The topological polar surface area (TPSA) is 66.9 Å². The van der Waals surface area contributed by atoms with Crippen LogP contribution in [0.4, 0.5) is 0 Å². The minimum absolute atomic E-state index is 0.167. The molecule has 15 heavy (non-hydrogen) atoms. The first-order chi connectivity index (χ1) is 7.04. The summed E-state index contributed by atoms with van der Waals surface area (Å²) in [5.74, 6) is -0.798. The summed E-state index contributed by atoms with van der Waals surface area (Å²) >= 11 is 11.6. The number of nitriles is 1. The predicted molar refractivity (Wildman–Crippen MR) is 59.2 cm³/mol. The van der Waals surface area contributed by atoms with Gasteiger partial charge in [0.25, 0.3) is 5.91 Å². The smallest absolute Gasteiger partial charge is 0.259 e. The molecule has 1 rings (SSSR count). The fourth-order valence-corrected chi connectivity index (χ4v) is 1.29. The van der Waals surface area contributed by atoms with Crippen LogP contribution in [0.5, 0.6) is 0 Å². The molecule has 5 heteroatoms. The molecule has 0 fully saturated rings. The van der Waals surface area contributed by atoms with Crippen molar-refractivity contribution in [2.75, 3.05) is 0 Å². The summed E-state index contributed by atoms with van der Waals surface area (Å²) in [6, 6.07) is 6.41.